The predicted molar refractivity (Wildman–Crippen MR) is 119 cm³/mol. The SMILES string of the molecule is COc1cc2cc3c(cc2cc1OC)C(=O)N(C[C@@H](C)OC(=O)c1ccc(Cl)cc1)C3=O. The van der Waals surface area contributed by atoms with Gasteiger partial charge in [0.05, 0.1) is 37.5 Å². The largest absolute Gasteiger partial charge is 0.493 e. The number of hydrogen-bond donors (Lipinski definition) is 0. The Morgan fingerprint density at radius 1 is 0.906 bits per heavy atom. The maximum absolute atomic E-state index is 13.0. The lowest BCUT2D eigenvalue weighted by Gasteiger charge is -2.19. The van der Waals surface area contributed by atoms with E-state index in [1.165, 1.54) is 14.2 Å². The van der Waals surface area contributed by atoms with Gasteiger partial charge in [-0.15, -0.1) is 0 Å². The number of nitrogens with zero attached hydrogens (tertiary/aromatic N) is 1. The molecule has 8 heteroatoms. The molecule has 32 heavy (non-hydrogen) atoms. The number of carbonyl (C=O) groups excluding carboxylic acids is 3. The van der Waals surface area contributed by atoms with Gasteiger partial charge >= 0.3 is 5.97 Å². The Labute approximate surface area is 189 Å². The van der Waals surface area contributed by atoms with Crippen molar-refractivity contribution in [2.24, 2.45) is 0 Å². The van der Waals surface area contributed by atoms with Crippen LogP contribution in [0.5, 0.6) is 11.5 Å². The molecule has 0 unspecified atom stereocenters. The molecule has 0 bridgehead atoms. The van der Waals surface area contributed by atoms with E-state index < -0.39 is 23.9 Å². The highest BCUT2D eigenvalue weighted by Crippen LogP contribution is 2.35. The number of amides is 2. The van der Waals surface area contributed by atoms with Crippen LogP contribution in [0.1, 0.15) is 38.0 Å². The number of hydrogen-bond acceptors (Lipinski definition) is 6. The third-order valence-electron chi connectivity index (χ3n) is 5.26. The van der Waals surface area contributed by atoms with Crippen LogP contribution in [0.15, 0.2) is 48.5 Å². The van der Waals surface area contributed by atoms with E-state index in [1.807, 2.05) is 0 Å². The van der Waals surface area contributed by atoms with E-state index in [0.29, 0.717) is 33.2 Å². The molecule has 164 valence electrons. The van der Waals surface area contributed by atoms with Gasteiger partial charge in [0, 0.05) is 5.02 Å². The predicted octanol–water partition coefficient (Wildman–Crippen LogP) is 4.35. The standard InChI is InChI=1S/C24H20ClNO6/c1-13(32-24(29)14-4-6-17(25)7-5-14)12-26-22(27)18-8-15-10-20(30-2)21(31-3)11-16(15)9-19(18)23(26)28/h4-11,13H,12H2,1-3H3/t13-/m1/s1. The molecule has 0 spiro atoms. The molecule has 2 amide bonds. The third-order valence-corrected chi connectivity index (χ3v) is 5.51. The van der Waals surface area contributed by atoms with Gasteiger partial charge in [0.15, 0.2) is 11.5 Å². The van der Waals surface area contributed by atoms with E-state index >= 15 is 0 Å². The highest BCUT2D eigenvalue weighted by Gasteiger charge is 2.37. The molecule has 3 aromatic carbocycles. The molecule has 0 N–H and O–H groups in total. The summed E-state index contributed by atoms with van der Waals surface area (Å²) in [6.45, 7) is 1.57. The molecule has 0 saturated carbocycles. The van der Waals surface area contributed by atoms with E-state index in [2.05, 4.69) is 0 Å². The third kappa shape index (κ3) is 3.87. The molecule has 7 nitrogen and oxygen atoms in total. The van der Waals surface area contributed by atoms with Crippen LogP contribution in [0.4, 0.5) is 0 Å². The van der Waals surface area contributed by atoms with E-state index in [9.17, 15) is 14.4 Å². The van der Waals surface area contributed by atoms with E-state index in [1.54, 1.807) is 55.5 Å². The van der Waals surface area contributed by atoms with Gasteiger partial charge in [0.2, 0.25) is 0 Å². The van der Waals surface area contributed by atoms with Crippen molar-refractivity contribution >= 4 is 40.2 Å². The number of halogens is 1. The van der Waals surface area contributed by atoms with Crippen LogP contribution >= 0.6 is 11.6 Å². The van der Waals surface area contributed by atoms with Crippen molar-refractivity contribution in [3.05, 3.63) is 70.2 Å². The molecule has 0 radical (unpaired) electrons. The van der Waals surface area contributed by atoms with Gasteiger partial charge < -0.3 is 14.2 Å². The number of esters is 1. The van der Waals surface area contributed by atoms with Gasteiger partial charge in [0.25, 0.3) is 11.8 Å². The second-order valence-corrected chi connectivity index (χ2v) is 7.83. The second kappa shape index (κ2) is 8.51. The summed E-state index contributed by atoms with van der Waals surface area (Å²) in [5, 5.41) is 1.99. The van der Waals surface area contributed by atoms with E-state index in [0.717, 1.165) is 15.7 Å². The first-order valence-electron chi connectivity index (χ1n) is 9.85. The summed E-state index contributed by atoms with van der Waals surface area (Å²) in [4.78, 5) is 39.3. The van der Waals surface area contributed by atoms with Gasteiger partial charge in [-0.05, 0) is 66.2 Å². The first kappa shape index (κ1) is 21.6. The number of carbonyl (C=O) groups is 3. The average molecular weight is 454 g/mol. The molecule has 1 aliphatic rings. The van der Waals surface area contributed by atoms with Crippen LogP contribution < -0.4 is 9.47 Å². The van der Waals surface area contributed by atoms with E-state index in [-0.39, 0.29) is 6.54 Å². The first-order chi connectivity index (χ1) is 15.3. The molecule has 0 aliphatic carbocycles. The van der Waals surface area contributed by atoms with Gasteiger partial charge in [-0.1, -0.05) is 11.6 Å². The number of benzene rings is 3. The molecular weight excluding hydrogens is 434 g/mol. The Morgan fingerprint density at radius 3 is 1.88 bits per heavy atom. The Morgan fingerprint density at radius 2 is 1.41 bits per heavy atom. The fraction of sp³-hybridized carbons (Fsp3) is 0.208. The molecule has 0 saturated heterocycles. The van der Waals surface area contributed by atoms with Crippen molar-refractivity contribution in [3.8, 4) is 11.5 Å². The van der Waals surface area contributed by atoms with Crippen LogP contribution in [-0.4, -0.2) is 49.6 Å². The molecule has 4 rings (SSSR count). The number of rotatable bonds is 6. The molecule has 1 heterocycles. The average Bonchev–Trinajstić information content (AvgIpc) is 3.01. The molecule has 0 aromatic heterocycles. The lowest BCUT2D eigenvalue weighted by Crippen LogP contribution is -2.37. The maximum Gasteiger partial charge on any atom is 0.338 e. The van der Waals surface area contributed by atoms with Crippen molar-refractivity contribution in [1.82, 2.24) is 4.90 Å². The van der Waals surface area contributed by atoms with Crippen LogP contribution in [0, 0.1) is 0 Å². The highest BCUT2D eigenvalue weighted by molar-refractivity contribution is 6.30. The monoisotopic (exact) mass is 453 g/mol. The summed E-state index contributed by atoms with van der Waals surface area (Å²) in [6.07, 6.45) is -0.699. The van der Waals surface area contributed by atoms with Crippen molar-refractivity contribution in [3.63, 3.8) is 0 Å². The Kier molecular flexibility index (Phi) is 5.76. The zero-order valence-corrected chi connectivity index (χ0v) is 18.4. The Hall–Kier alpha value is -3.58. The van der Waals surface area contributed by atoms with Crippen molar-refractivity contribution in [2.75, 3.05) is 20.8 Å². The second-order valence-electron chi connectivity index (χ2n) is 7.40. The first-order valence-corrected chi connectivity index (χ1v) is 10.2. The molecular formula is C24H20ClNO6. The summed E-state index contributed by atoms with van der Waals surface area (Å²) < 4.78 is 16.1. The summed E-state index contributed by atoms with van der Waals surface area (Å²) in [6, 6.07) is 13.1. The van der Waals surface area contributed by atoms with Crippen molar-refractivity contribution in [2.45, 2.75) is 13.0 Å². The Bertz CT molecular complexity index is 1170. The lowest BCUT2D eigenvalue weighted by atomic mass is 10.0. The zero-order chi connectivity index (χ0) is 23.0. The summed E-state index contributed by atoms with van der Waals surface area (Å²) in [7, 11) is 3.06. The van der Waals surface area contributed by atoms with Gasteiger partial charge in [0.1, 0.15) is 6.10 Å². The van der Waals surface area contributed by atoms with Gasteiger partial charge in [-0.3, -0.25) is 14.5 Å². The quantitative estimate of drug-likeness (QED) is 0.407. The van der Waals surface area contributed by atoms with Crippen LogP contribution in [0.3, 0.4) is 0 Å². The number of imide groups is 1. The maximum atomic E-state index is 13.0. The topological polar surface area (TPSA) is 82.1 Å². The zero-order valence-electron chi connectivity index (χ0n) is 17.7. The molecule has 3 aromatic rings. The summed E-state index contributed by atoms with van der Waals surface area (Å²) >= 11 is 5.84. The fourth-order valence-corrected chi connectivity index (χ4v) is 3.79. The summed E-state index contributed by atoms with van der Waals surface area (Å²) in [5.74, 6) is -0.379. The minimum absolute atomic E-state index is 0.0608. The van der Waals surface area contributed by atoms with E-state index in [4.69, 9.17) is 25.8 Å². The van der Waals surface area contributed by atoms with Crippen molar-refractivity contribution in [1.29, 1.82) is 0 Å². The number of fused-ring (bicyclic) bond motifs is 2. The van der Waals surface area contributed by atoms with Crippen LogP contribution in [0.2, 0.25) is 5.02 Å². The molecule has 0 fully saturated rings. The van der Waals surface area contributed by atoms with Crippen molar-refractivity contribution < 1.29 is 28.6 Å². The van der Waals surface area contributed by atoms with Gasteiger partial charge in [-0.25, -0.2) is 4.79 Å². The Balaban J connectivity index is 1.55. The normalized spacial score (nSPS) is 13.8. The van der Waals surface area contributed by atoms with Gasteiger partial charge in [-0.2, -0.15) is 0 Å². The molecule has 1 aliphatic heterocycles. The summed E-state index contributed by atoms with van der Waals surface area (Å²) in [5.41, 5.74) is 0.926. The highest BCUT2D eigenvalue weighted by atomic mass is 35.5. The van der Waals surface area contributed by atoms with Crippen LogP contribution in [0.25, 0.3) is 10.8 Å². The lowest BCUT2D eigenvalue weighted by molar-refractivity contribution is 0.0238. The smallest absolute Gasteiger partial charge is 0.338 e. The minimum Gasteiger partial charge on any atom is -0.493 e. The van der Waals surface area contributed by atoms with Crippen LogP contribution in [-0.2, 0) is 4.74 Å². The fourth-order valence-electron chi connectivity index (χ4n) is 3.66. The minimum atomic E-state index is -0.699. The number of ether oxygens (including phenoxy) is 3. The molecule has 1 atom stereocenters. The number of methoxy groups -OCH3 is 2.